The van der Waals surface area contributed by atoms with Crippen molar-refractivity contribution in [3.8, 4) is 0 Å². The number of hydrogen-bond donors (Lipinski definition) is 1. The minimum atomic E-state index is -3.87. The Morgan fingerprint density at radius 2 is 1.67 bits per heavy atom. The average molecular weight is 229 g/mol. The second-order valence-corrected chi connectivity index (χ2v) is 4.85. The van der Waals surface area contributed by atoms with E-state index in [0.717, 1.165) is 22.3 Å². The molecule has 2 N–H and O–H groups in total. The molecule has 0 saturated heterocycles. The molecule has 0 atom stereocenters. The van der Waals surface area contributed by atoms with Crippen molar-refractivity contribution in [2.45, 2.75) is 27.4 Å². The fourth-order valence-electron chi connectivity index (χ4n) is 1.58. The zero-order valence-electron chi connectivity index (χ0n) is 9.07. The molecule has 0 spiro atoms. The van der Waals surface area contributed by atoms with Crippen LogP contribution in [0.4, 0.5) is 0 Å². The Bertz CT molecular complexity index is 443. The van der Waals surface area contributed by atoms with Crippen molar-refractivity contribution >= 4 is 10.3 Å². The number of rotatable bonds is 3. The lowest BCUT2D eigenvalue weighted by Crippen LogP contribution is -2.16. The summed E-state index contributed by atoms with van der Waals surface area (Å²) in [4.78, 5) is 0. The predicted octanol–water partition coefficient (Wildman–Crippen LogP) is 1.33. The van der Waals surface area contributed by atoms with Crippen LogP contribution in [0.25, 0.3) is 0 Å². The first-order chi connectivity index (χ1) is 6.79. The summed E-state index contributed by atoms with van der Waals surface area (Å²) in [6.45, 7) is 5.82. The maximum absolute atomic E-state index is 10.6. The molecule has 0 radical (unpaired) electrons. The van der Waals surface area contributed by atoms with Gasteiger partial charge in [-0.3, -0.25) is 4.18 Å². The number of nitrogens with two attached hydrogens (primary N) is 1. The molecule has 0 aliphatic heterocycles. The number of benzene rings is 1. The van der Waals surface area contributed by atoms with Gasteiger partial charge in [-0.05, 0) is 37.5 Å². The maximum Gasteiger partial charge on any atom is 0.333 e. The van der Waals surface area contributed by atoms with E-state index in [1.165, 1.54) is 0 Å². The number of aryl methyl sites for hydroxylation is 3. The summed E-state index contributed by atoms with van der Waals surface area (Å²) in [5.74, 6) is 0. The van der Waals surface area contributed by atoms with Gasteiger partial charge in [0, 0.05) is 0 Å². The van der Waals surface area contributed by atoms with Crippen molar-refractivity contribution in [2.24, 2.45) is 5.14 Å². The first-order valence-electron chi connectivity index (χ1n) is 4.53. The van der Waals surface area contributed by atoms with Gasteiger partial charge in [0.2, 0.25) is 0 Å². The van der Waals surface area contributed by atoms with Crippen LogP contribution in [0.2, 0.25) is 0 Å². The fourth-order valence-corrected chi connectivity index (χ4v) is 1.86. The van der Waals surface area contributed by atoms with Crippen molar-refractivity contribution in [3.05, 3.63) is 34.4 Å². The molecule has 84 valence electrons. The SMILES string of the molecule is Cc1cc(C)c(COS(N)(=O)=O)c(C)c1. The largest absolute Gasteiger partial charge is 0.333 e. The normalized spacial score (nSPS) is 11.7. The van der Waals surface area contributed by atoms with Crippen molar-refractivity contribution in [2.75, 3.05) is 0 Å². The van der Waals surface area contributed by atoms with Crippen LogP contribution in [-0.2, 0) is 21.1 Å². The van der Waals surface area contributed by atoms with Gasteiger partial charge >= 0.3 is 10.3 Å². The van der Waals surface area contributed by atoms with E-state index in [1.54, 1.807) is 0 Å². The van der Waals surface area contributed by atoms with E-state index in [4.69, 9.17) is 5.14 Å². The smallest absolute Gasteiger partial charge is 0.253 e. The van der Waals surface area contributed by atoms with E-state index in [2.05, 4.69) is 4.18 Å². The third-order valence-electron chi connectivity index (χ3n) is 2.21. The highest BCUT2D eigenvalue weighted by Crippen LogP contribution is 2.17. The van der Waals surface area contributed by atoms with Gasteiger partial charge in [-0.2, -0.15) is 8.42 Å². The van der Waals surface area contributed by atoms with Crippen LogP contribution in [0.1, 0.15) is 22.3 Å². The van der Waals surface area contributed by atoms with Crippen LogP contribution in [0, 0.1) is 20.8 Å². The first-order valence-corrected chi connectivity index (χ1v) is 6.00. The quantitative estimate of drug-likeness (QED) is 0.850. The number of hydrogen-bond acceptors (Lipinski definition) is 3. The average Bonchev–Trinajstić information content (AvgIpc) is 1.99. The molecular weight excluding hydrogens is 214 g/mol. The predicted molar refractivity (Wildman–Crippen MR) is 58.5 cm³/mol. The van der Waals surface area contributed by atoms with E-state index in [0.29, 0.717) is 0 Å². The Balaban J connectivity index is 2.96. The first kappa shape index (κ1) is 12.2. The molecule has 0 bridgehead atoms. The Kier molecular flexibility index (Phi) is 3.49. The van der Waals surface area contributed by atoms with E-state index >= 15 is 0 Å². The molecule has 5 heteroatoms. The van der Waals surface area contributed by atoms with Gasteiger partial charge in [-0.25, -0.2) is 5.14 Å². The molecule has 0 aromatic heterocycles. The second kappa shape index (κ2) is 4.30. The maximum atomic E-state index is 10.6. The molecule has 0 aliphatic carbocycles. The van der Waals surface area contributed by atoms with Crippen molar-refractivity contribution < 1.29 is 12.6 Å². The minimum Gasteiger partial charge on any atom is -0.253 e. The van der Waals surface area contributed by atoms with Crippen molar-refractivity contribution in [1.82, 2.24) is 0 Å². The summed E-state index contributed by atoms with van der Waals surface area (Å²) in [5, 5.41) is 4.76. The van der Waals surface area contributed by atoms with Gasteiger partial charge in [0.25, 0.3) is 0 Å². The van der Waals surface area contributed by atoms with Crippen LogP contribution >= 0.6 is 0 Å². The Morgan fingerprint density at radius 1 is 1.20 bits per heavy atom. The molecule has 4 nitrogen and oxygen atoms in total. The Labute approximate surface area is 90.3 Å². The van der Waals surface area contributed by atoms with Gasteiger partial charge in [-0.15, -0.1) is 0 Å². The summed E-state index contributed by atoms with van der Waals surface area (Å²) in [5.41, 5.74) is 4.03. The fraction of sp³-hybridized carbons (Fsp3) is 0.400. The van der Waals surface area contributed by atoms with E-state index in [-0.39, 0.29) is 6.61 Å². The van der Waals surface area contributed by atoms with Crippen LogP contribution in [0.5, 0.6) is 0 Å². The lowest BCUT2D eigenvalue weighted by molar-refractivity contribution is 0.307. The van der Waals surface area contributed by atoms with Gasteiger partial charge in [0.1, 0.15) is 0 Å². The molecule has 1 rings (SSSR count). The lowest BCUT2D eigenvalue weighted by Gasteiger charge is -2.10. The third-order valence-corrected chi connectivity index (χ3v) is 2.65. The van der Waals surface area contributed by atoms with Crippen LogP contribution in [0.3, 0.4) is 0 Å². The molecule has 1 aromatic carbocycles. The van der Waals surface area contributed by atoms with Gasteiger partial charge in [-0.1, -0.05) is 17.7 Å². The Hall–Kier alpha value is -0.910. The molecule has 1 aromatic rings. The van der Waals surface area contributed by atoms with Gasteiger partial charge in [0.05, 0.1) is 6.61 Å². The lowest BCUT2D eigenvalue weighted by atomic mass is 10.0. The highest BCUT2D eigenvalue weighted by molar-refractivity contribution is 7.84. The van der Waals surface area contributed by atoms with Crippen molar-refractivity contribution in [3.63, 3.8) is 0 Å². The highest BCUT2D eigenvalue weighted by Gasteiger charge is 2.08. The van der Waals surface area contributed by atoms with Crippen LogP contribution < -0.4 is 5.14 Å². The molecule has 0 aliphatic rings. The monoisotopic (exact) mass is 229 g/mol. The summed E-state index contributed by atoms with van der Waals surface area (Å²) in [7, 11) is -3.87. The molecule has 0 amide bonds. The molecule has 15 heavy (non-hydrogen) atoms. The van der Waals surface area contributed by atoms with Crippen LogP contribution in [-0.4, -0.2) is 8.42 Å². The van der Waals surface area contributed by atoms with Gasteiger partial charge < -0.3 is 0 Å². The minimum absolute atomic E-state index is 0.00319. The zero-order valence-corrected chi connectivity index (χ0v) is 9.89. The van der Waals surface area contributed by atoms with Crippen molar-refractivity contribution in [1.29, 1.82) is 0 Å². The summed E-state index contributed by atoms with van der Waals surface area (Å²) in [6, 6.07) is 3.96. The zero-order chi connectivity index (χ0) is 11.6. The molecule has 0 heterocycles. The molecular formula is C10H15NO3S. The molecule has 0 saturated carbocycles. The summed E-state index contributed by atoms with van der Waals surface area (Å²) < 4.78 is 25.9. The third kappa shape index (κ3) is 3.62. The topological polar surface area (TPSA) is 69.4 Å². The highest BCUT2D eigenvalue weighted by atomic mass is 32.2. The standard InChI is InChI=1S/C10H15NO3S/c1-7-4-8(2)10(9(3)5-7)6-14-15(11,12)13/h4-5H,6H2,1-3H3,(H2,11,12,13). The summed E-state index contributed by atoms with van der Waals surface area (Å²) >= 11 is 0. The molecule has 0 unspecified atom stereocenters. The second-order valence-electron chi connectivity index (χ2n) is 3.63. The van der Waals surface area contributed by atoms with Crippen LogP contribution in [0.15, 0.2) is 12.1 Å². The molecule has 0 fully saturated rings. The van der Waals surface area contributed by atoms with E-state index < -0.39 is 10.3 Å². The summed E-state index contributed by atoms with van der Waals surface area (Å²) in [6.07, 6.45) is 0. The Morgan fingerprint density at radius 3 is 2.07 bits per heavy atom. The van der Waals surface area contributed by atoms with E-state index in [1.807, 2.05) is 32.9 Å². The van der Waals surface area contributed by atoms with Gasteiger partial charge in [0.15, 0.2) is 0 Å². The van der Waals surface area contributed by atoms with E-state index in [9.17, 15) is 8.42 Å².